The Balaban J connectivity index is 0.629. The summed E-state index contributed by atoms with van der Waals surface area (Å²) in [5, 5.41) is 5.35. The van der Waals surface area contributed by atoms with Crippen LogP contribution < -0.4 is 29.9 Å². The number of fused-ring (bicyclic) bond motifs is 1. The van der Waals surface area contributed by atoms with E-state index in [4.69, 9.17) is 4.74 Å². The van der Waals surface area contributed by atoms with Gasteiger partial charge in [-0.2, -0.15) is 0 Å². The number of amides is 5. The summed E-state index contributed by atoms with van der Waals surface area (Å²) < 4.78 is 32.5. The number of carbonyl (C=O) groups excluding carboxylic acids is 5. The summed E-state index contributed by atoms with van der Waals surface area (Å²) in [6.45, 7) is 10.2. The van der Waals surface area contributed by atoms with E-state index in [1.165, 1.54) is 19.1 Å². The number of hydrogen-bond donors (Lipinski definition) is 3. The minimum atomic E-state index is -3.16. The normalized spacial score (nSPS) is 22.9. The molecule has 1 unspecified atom stereocenters. The van der Waals surface area contributed by atoms with Crippen LogP contribution in [0.2, 0.25) is 0 Å². The largest absolute Gasteiger partial charge is 0.451 e. The Morgan fingerprint density at radius 2 is 1.49 bits per heavy atom. The molecule has 3 aromatic rings. The average molecular weight is 995 g/mol. The summed E-state index contributed by atoms with van der Waals surface area (Å²) >= 11 is 0. The number of piperazine rings is 1. The van der Waals surface area contributed by atoms with Crippen molar-refractivity contribution in [3.8, 4) is 11.5 Å². The number of rotatable bonds is 20. The Morgan fingerprint density at radius 1 is 0.789 bits per heavy atom. The predicted molar refractivity (Wildman–Crippen MR) is 269 cm³/mol. The van der Waals surface area contributed by atoms with Crippen molar-refractivity contribution in [3.63, 3.8) is 0 Å². The second kappa shape index (κ2) is 22.5. The highest BCUT2D eigenvalue weighted by Gasteiger charge is 2.47. The van der Waals surface area contributed by atoms with Gasteiger partial charge in [0.15, 0.2) is 11.6 Å². The fourth-order valence-electron chi connectivity index (χ4n) is 11.6. The van der Waals surface area contributed by atoms with E-state index >= 15 is 0 Å². The number of nitrogens with zero attached hydrogens (tertiary/aromatic N) is 7. The summed E-state index contributed by atoms with van der Waals surface area (Å²) in [5.74, 6) is 0.262. The molecule has 9 rings (SSSR count). The molecule has 19 heteroatoms. The molecule has 6 heterocycles. The number of nitrogens with one attached hydrogen (secondary N) is 3. The van der Waals surface area contributed by atoms with Crippen molar-refractivity contribution in [1.82, 2.24) is 40.0 Å². The van der Waals surface area contributed by atoms with Crippen LogP contribution in [0.1, 0.15) is 127 Å². The summed E-state index contributed by atoms with van der Waals surface area (Å²) in [6.07, 6.45) is 18.7. The van der Waals surface area contributed by atoms with Crippen molar-refractivity contribution in [2.24, 2.45) is 11.3 Å². The minimum Gasteiger partial charge on any atom is -0.451 e. The van der Waals surface area contributed by atoms with Gasteiger partial charge in [0.05, 0.1) is 29.1 Å². The van der Waals surface area contributed by atoms with Crippen molar-refractivity contribution < 1.29 is 37.1 Å². The molecule has 1 atom stereocenters. The molecule has 5 amide bonds. The standard InChI is InChI=1S/C52H70N10O8S/c1-71(68,69)57-38-15-13-37(14-16-38)33-59-25-21-52(22-26-59)34-61(35-52)47-45(32-53-36-55-47)70-44-12-8-7-11-41(44)48(64)54-23-9-5-3-2-4-6-10-24-58-27-29-60(30-28-58)39-17-18-40-42(31-39)51(67)62(50(40)66)43-19-20-46(63)56-49(43)65/h7-8,11-12,17-18,31-32,36-38,43,57H,2-6,9-10,13-16,19-30,33-35H2,1H3,(H,54,64)(H,56,63,65). The van der Waals surface area contributed by atoms with Crippen molar-refractivity contribution in [3.05, 3.63) is 71.7 Å². The number of imide groups is 2. The third-order valence-corrected chi connectivity index (χ3v) is 16.4. The fourth-order valence-corrected chi connectivity index (χ4v) is 12.4. The summed E-state index contributed by atoms with van der Waals surface area (Å²) in [7, 11) is -3.16. The summed E-state index contributed by atoms with van der Waals surface area (Å²) in [5.41, 5.74) is 2.23. The van der Waals surface area contributed by atoms with Gasteiger partial charge in [0.1, 0.15) is 18.1 Å². The van der Waals surface area contributed by atoms with Gasteiger partial charge in [0.25, 0.3) is 17.7 Å². The van der Waals surface area contributed by atoms with E-state index in [1.807, 2.05) is 24.3 Å². The van der Waals surface area contributed by atoms with E-state index < -0.39 is 39.7 Å². The van der Waals surface area contributed by atoms with Gasteiger partial charge in [-0.3, -0.25) is 39.1 Å². The molecule has 3 N–H and O–H groups in total. The number of sulfonamides is 1. The lowest BCUT2D eigenvalue weighted by Crippen LogP contribution is -2.61. The van der Waals surface area contributed by atoms with Crippen LogP contribution in [0, 0.1) is 11.3 Å². The van der Waals surface area contributed by atoms with Crippen LogP contribution in [0.3, 0.4) is 0 Å². The number of piperidine rings is 2. The maximum absolute atomic E-state index is 13.4. The molecule has 1 spiro atoms. The van der Waals surface area contributed by atoms with E-state index in [-0.39, 0.29) is 30.2 Å². The molecule has 1 aliphatic carbocycles. The van der Waals surface area contributed by atoms with Crippen molar-refractivity contribution >= 4 is 51.1 Å². The van der Waals surface area contributed by atoms with Crippen molar-refractivity contribution in [1.29, 1.82) is 0 Å². The zero-order valence-electron chi connectivity index (χ0n) is 41.1. The monoisotopic (exact) mass is 995 g/mol. The Morgan fingerprint density at radius 3 is 2.23 bits per heavy atom. The number of benzene rings is 2. The van der Waals surface area contributed by atoms with Crippen LogP contribution in [0.5, 0.6) is 11.5 Å². The molecule has 0 bridgehead atoms. The molecule has 1 aromatic heterocycles. The molecule has 18 nitrogen and oxygen atoms in total. The summed E-state index contributed by atoms with van der Waals surface area (Å²) in [6, 6.07) is 11.8. The Kier molecular flexibility index (Phi) is 16.0. The molecule has 6 aliphatic rings. The number of aromatic nitrogens is 2. The maximum Gasteiger partial charge on any atom is 0.262 e. The number of hydrogen-bond acceptors (Lipinski definition) is 14. The molecule has 382 valence electrons. The number of ether oxygens (including phenoxy) is 1. The zero-order valence-corrected chi connectivity index (χ0v) is 41.9. The second-order valence-electron chi connectivity index (χ2n) is 20.8. The number of anilines is 2. The van der Waals surface area contributed by atoms with Gasteiger partial charge in [0.2, 0.25) is 21.8 Å². The first-order valence-corrected chi connectivity index (χ1v) is 27.8. The Hall–Kier alpha value is -5.50. The average Bonchev–Trinajstić information content (AvgIpc) is 3.59. The number of para-hydroxylation sites is 1. The Labute approximate surface area is 417 Å². The first-order chi connectivity index (χ1) is 34.3. The molecule has 5 fully saturated rings. The van der Waals surface area contributed by atoms with Crippen molar-refractivity contribution in [2.45, 2.75) is 108 Å². The SMILES string of the molecule is CS(=O)(=O)NC1CCC(CN2CCC3(CC2)CN(c2ncncc2Oc2ccccc2C(=O)NCCCCCCCCCN2CCN(c4ccc5c(c4)C(=O)N(C4CCC(=O)NC4=O)C5=O)CC2)C3)CC1. The first-order valence-electron chi connectivity index (χ1n) is 25.9. The van der Waals surface area contributed by atoms with Gasteiger partial charge in [-0.15, -0.1) is 0 Å². The van der Waals surface area contributed by atoms with E-state index in [2.05, 4.69) is 44.9 Å². The van der Waals surface area contributed by atoms with Crippen LogP contribution in [0.4, 0.5) is 11.5 Å². The molecule has 71 heavy (non-hydrogen) atoms. The Bertz CT molecular complexity index is 2530. The molecule has 2 aromatic carbocycles. The van der Waals surface area contributed by atoms with Crippen LogP contribution in [-0.2, 0) is 19.6 Å². The quantitative estimate of drug-likeness (QED) is 0.101. The molecule has 4 saturated heterocycles. The predicted octanol–water partition coefficient (Wildman–Crippen LogP) is 4.96. The molecule has 5 aliphatic heterocycles. The number of carbonyl (C=O) groups is 5. The smallest absolute Gasteiger partial charge is 0.262 e. The number of unbranched alkanes of at least 4 members (excludes halogenated alkanes) is 6. The van der Waals surface area contributed by atoms with Gasteiger partial charge in [-0.05, 0) is 114 Å². The fraction of sp³-hybridized carbons (Fsp3) is 0.596. The van der Waals surface area contributed by atoms with Crippen molar-refractivity contribution in [2.75, 3.05) is 88.0 Å². The zero-order chi connectivity index (χ0) is 49.5. The maximum atomic E-state index is 13.4. The van der Waals surface area contributed by atoms with Gasteiger partial charge in [-0.25, -0.2) is 23.1 Å². The molecule has 1 saturated carbocycles. The summed E-state index contributed by atoms with van der Waals surface area (Å²) in [4.78, 5) is 83.4. The van der Waals surface area contributed by atoms with Gasteiger partial charge in [0, 0.05) is 75.9 Å². The van der Waals surface area contributed by atoms with E-state index in [9.17, 15) is 32.4 Å². The van der Waals surface area contributed by atoms with E-state index in [1.54, 1.807) is 30.7 Å². The first kappa shape index (κ1) is 50.4. The highest BCUT2D eigenvalue weighted by atomic mass is 32.2. The van der Waals surface area contributed by atoms with Crippen LogP contribution in [0.15, 0.2) is 55.0 Å². The molecular weight excluding hydrogens is 925 g/mol. The topological polar surface area (TPSA) is 207 Å². The minimum absolute atomic E-state index is 0.0728. The molecular formula is C52H70N10O8S. The third-order valence-electron chi connectivity index (χ3n) is 15.6. The molecule has 0 radical (unpaired) electrons. The van der Waals surface area contributed by atoms with Crippen LogP contribution >= 0.6 is 0 Å². The van der Waals surface area contributed by atoms with Crippen LogP contribution in [0.25, 0.3) is 0 Å². The second-order valence-corrected chi connectivity index (χ2v) is 22.6. The lowest BCUT2D eigenvalue weighted by molar-refractivity contribution is -0.136. The third kappa shape index (κ3) is 12.4. The van der Waals surface area contributed by atoms with E-state index in [0.717, 1.165) is 152 Å². The highest BCUT2D eigenvalue weighted by Crippen LogP contribution is 2.45. The van der Waals surface area contributed by atoms with Gasteiger partial charge >= 0.3 is 0 Å². The lowest BCUT2D eigenvalue weighted by atomic mass is 9.71. The highest BCUT2D eigenvalue weighted by molar-refractivity contribution is 7.88. The van der Waals surface area contributed by atoms with Crippen LogP contribution in [-0.4, -0.2) is 153 Å². The van der Waals surface area contributed by atoms with Gasteiger partial charge in [-0.1, -0.05) is 44.2 Å². The van der Waals surface area contributed by atoms with E-state index in [0.29, 0.717) is 40.7 Å². The number of likely N-dealkylation sites (tertiary alicyclic amines) is 1. The van der Waals surface area contributed by atoms with Gasteiger partial charge < -0.3 is 24.8 Å². The lowest BCUT2D eigenvalue weighted by Gasteiger charge is -2.54.